The molecule has 2 heteroatoms. The van der Waals surface area contributed by atoms with Crippen LogP contribution in [-0.4, -0.2) is 4.57 Å². The Balaban J connectivity index is 1.15. The number of fused-ring (bicyclic) bond motifs is 8. The average Bonchev–Trinajstić information content (AvgIpc) is 3.54. The summed E-state index contributed by atoms with van der Waals surface area (Å²) < 4.78 is 2.42. The van der Waals surface area contributed by atoms with E-state index in [1.54, 1.807) is 0 Å². The highest BCUT2D eigenvalue weighted by Gasteiger charge is 2.20. The predicted molar refractivity (Wildman–Crippen MR) is 214 cm³/mol. The average molecular weight is 639 g/mol. The van der Waals surface area contributed by atoms with Gasteiger partial charge in [-0.1, -0.05) is 127 Å². The molecular formula is C48H34N2. The number of hydrogen-bond acceptors (Lipinski definition) is 1. The molecule has 0 saturated carbocycles. The largest absolute Gasteiger partial charge is 0.311 e. The van der Waals surface area contributed by atoms with Crippen LogP contribution in [0.3, 0.4) is 0 Å². The van der Waals surface area contributed by atoms with Gasteiger partial charge in [-0.3, -0.25) is 0 Å². The third-order valence-corrected chi connectivity index (χ3v) is 10.4. The summed E-state index contributed by atoms with van der Waals surface area (Å²) in [5, 5.41) is 10.2. The van der Waals surface area contributed by atoms with E-state index >= 15 is 0 Å². The number of nitrogens with zero attached hydrogens (tertiary/aromatic N) is 2. The quantitative estimate of drug-likeness (QED) is 0.170. The van der Waals surface area contributed by atoms with Gasteiger partial charge in [0.2, 0.25) is 0 Å². The van der Waals surface area contributed by atoms with Crippen LogP contribution >= 0.6 is 0 Å². The van der Waals surface area contributed by atoms with Gasteiger partial charge in [-0.15, -0.1) is 0 Å². The molecule has 0 N–H and O–H groups in total. The molecule has 1 aromatic heterocycles. The zero-order valence-corrected chi connectivity index (χ0v) is 27.6. The zero-order valence-electron chi connectivity index (χ0n) is 27.6. The second-order valence-corrected chi connectivity index (χ2v) is 13.3. The van der Waals surface area contributed by atoms with E-state index in [0.717, 1.165) is 29.9 Å². The molecule has 0 spiro atoms. The molecule has 8 aromatic carbocycles. The number of aromatic nitrogens is 1. The molecule has 0 unspecified atom stereocenters. The fraction of sp³-hybridized carbons (Fsp3) is 0.0417. The Morgan fingerprint density at radius 1 is 0.460 bits per heavy atom. The van der Waals surface area contributed by atoms with Crippen LogP contribution in [0.4, 0.5) is 11.4 Å². The molecule has 0 fully saturated rings. The van der Waals surface area contributed by atoms with Crippen LogP contribution in [0.5, 0.6) is 0 Å². The smallest absolute Gasteiger partial charge is 0.0547 e. The minimum Gasteiger partial charge on any atom is -0.311 e. The van der Waals surface area contributed by atoms with Crippen LogP contribution in [0.15, 0.2) is 188 Å². The Hall–Kier alpha value is -6.38. The second kappa shape index (κ2) is 11.6. The number of anilines is 2. The van der Waals surface area contributed by atoms with Crippen LogP contribution in [0.1, 0.15) is 18.4 Å². The van der Waals surface area contributed by atoms with Crippen molar-refractivity contribution in [1.82, 2.24) is 4.57 Å². The number of hydrogen-bond donors (Lipinski definition) is 0. The predicted octanol–water partition coefficient (Wildman–Crippen LogP) is 13.1. The summed E-state index contributed by atoms with van der Waals surface area (Å²) >= 11 is 0. The van der Waals surface area contributed by atoms with Gasteiger partial charge in [0.25, 0.3) is 0 Å². The lowest BCUT2D eigenvalue weighted by atomic mass is 9.95. The maximum absolute atomic E-state index is 2.44. The molecule has 0 aliphatic heterocycles. The fourth-order valence-corrected chi connectivity index (χ4v) is 8.07. The van der Waals surface area contributed by atoms with Crippen LogP contribution in [0.25, 0.3) is 65.4 Å². The Morgan fingerprint density at radius 3 is 1.90 bits per heavy atom. The van der Waals surface area contributed by atoms with Gasteiger partial charge in [-0.25, -0.2) is 0 Å². The molecule has 9 aromatic rings. The van der Waals surface area contributed by atoms with E-state index in [-0.39, 0.29) is 0 Å². The Bertz CT molecular complexity index is 2800. The number of rotatable bonds is 5. The van der Waals surface area contributed by atoms with E-state index < -0.39 is 0 Å². The molecule has 10 rings (SSSR count). The molecule has 1 aliphatic carbocycles. The van der Waals surface area contributed by atoms with E-state index in [1.165, 1.54) is 71.0 Å². The van der Waals surface area contributed by atoms with Crippen LogP contribution in [0, 0.1) is 0 Å². The lowest BCUT2D eigenvalue weighted by Crippen LogP contribution is -2.17. The van der Waals surface area contributed by atoms with Crippen molar-refractivity contribution in [2.75, 3.05) is 4.90 Å². The van der Waals surface area contributed by atoms with Crippen LogP contribution < -0.4 is 4.90 Å². The molecule has 50 heavy (non-hydrogen) atoms. The molecule has 236 valence electrons. The summed E-state index contributed by atoms with van der Waals surface area (Å²) in [5.41, 5.74) is 9.74. The normalized spacial score (nSPS) is 13.3. The highest BCUT2D eigenvalue weighted by Crippen LogP contribution is 2.40. The molecule has 1 aliphatic rings. The van der Waals surface area contributed by atoms with Gasteiger partial charge >= 0.3 is 0 Å². The van der Waals surface area contributed by atoms with Gasteiger partial charge < -0.3 is 9.47 Å². The molecule has 1 heterocycles. The molecular weight excluding hydrogens is 605 g/mol. The maximum atomic E-state index is 2.44. The Morgan fingerprint density at radius 2 is 1.08 bits per heavy atom. The highest BCUT2D eigenvalue weighted by molar-refractivity contribution is 6.21. The van der Waals surface area contributed by atoms with Crippen molar-refractivity contribution >= 4 is 71.1 Å². The van der Waals surface area contributed by atoms with E-state index in [9.17, 15) is 0 Å². The second-order valence-electron chi connectivity index (χ2n) is 13.3. The standard InChI is InChI=1S/C48H34N2/c1-2-11-33(12-3-1)37-15-10-16-40(31-37)49(41-25-23-36-22-21-34-13-4-6-17-42(34)45(36)32-41)38-26-28-39(29-27-38)50-46-20-9-8-19-44(46)48-43-18-7-5-14-35(43)24-30-47(48)50/h1-9,11-14,16-32H,10,15H2. The first kappa shape index (κ1) is 28.6. The topological polar surface area (TPSA) is 8.17 Å². The summed E-state index contributed by atoms with van der Waals surface area (Å²) in [5.74, 6) is 0. The molecule has 2 nitrogen and oxygen atoms in total. The van der Waals surface area contributed by atoms with Gasteiger partial charge in [0, 0.05) is 33.5 Å². The molecule has 0 amide bonds. The lowest BCUT2D eigenvalue weighted by Gasteiger charge is -2.29. The summed E-state index contributed by atoms with van der Waals surface area (Å²) in [7, 11) is 0. The monoisotopic (exact) mass is 638 g/mol. The van der Waals surface area contributed by atoms with Crippen molar-refractivity contribution in [3.63, 3.8) is 0 Å². The maximum Gasteiger partial charge on any atom is 0.0547 e. The van der Waals surface area contributed by atoms with Crippen molar-refractivity contribution < 1.29 is 0 Å². The first-order chi connectivity index (χ1) is 24.8. The lowest BCUT2D eigenvalue weighted by molar-refractivity contribution is 1.01. The van der Waals surface area contributed by atoms with Crippen LogP contribution in [0.2, 0.25) is 0 Å². The van der Waals surface area contributed by atoms with Gasteiger partial charge in [0.15, 0.2) is 0 Å². The minimum absolute atomic E-state index is 0.996. The first-order valence-corrected chi connectivity index (χ1v) is 17.5. The molecule has 0 radical (unpaired) electrons. The van der Waals surface area contributed by atoms with Crippen molar-refractivity contribution in [1.29, 1.82) is 0 Å². The van der Waals surface area contributed by atoms with Gasteiger partial charge in [0.05, 0.1) is 11.0 Å². The number of para-hydroxylation sites is 1. The van der Waals surface area contributed by atoms with E-state index in [4.69, 9.17) is 0 Å². The van der Waals surface area contributed by atoms with Crippen molar-refractivity contribution in [3.05, 3.63) is 193 Å². The minimum atomic E-state index is 0.996. The van der Waals surface area contributed by atoms with E-state index in [0.29, 0.717) is 0 Å². The van der Waals surface area contributed by atoms with Crippen molar-refractivity contribution in [2.24, 2.45) is 0 Å². The highest BCUT2D eigenvalue weighted by atomic mass is 15.1. The molecule has 0 atom stereocenters. The zero-order chi connectivity index (χ0) is 33.0. The summed E-state index contributed by atoms with van der Waals surface area (Å²) in [6.45, 7) is 0. The van der Waals surface area contributed by atoms with Gasteiger partial charge in [-0.05, 0) is 111 Å². The fourth-order valence-electron chi connectivity index (χ4n) is 8.07. The van der Waals surface area contributed by atoms with Crippen molar-refractivity contribution in [3.8, 4) is 5.69 Å². The summed E-state index contributed by atoms with van der Waals surface area (Å²) in [4.78, 5) is 2.44. The van der Waals surface area contributed by atoms with Gasteiger partial charge in [0.1, 0.15) is 0 Å². The van der Waals surface area contributed by atoms with Crippen molar-refractivity contribution in [2.45, 2.75) is 12.8 Å². The summed E-state index contributed by atoms with van der Waals surface area (Å²) in [6.07, 6.45) is 6.81. The third-order valence-electron chi connectivity index (χ3n) is 10.4. The van der Waals surface area contributed by atoms with Gasteiger partial charge in [-0.2, -0.15) is 0 Å². The molecule has 0 saturated heterocycles. The molecule has 0 bridgehead atoms. The first-order valence-electron chi connectivity index (χ1n) is 17.5. The number of allylic oxidation sites excluding steroid dienone is 3. The number of benzene rings is 8. The Kier molecular flexibility index (Phi) is 6.67. The van der Waals surface area contributed by atoms with E-state index in [2.05, 4.69) is 191 Å². The van der Waals surface area contributed by atoms with E-state index in [1.807, 2.05) is 0 Å². The Labute approximate surface area is 291 Å². The summed E-state index contributed by atoms with van der Waals surface area (Å²) in [6, 6.07) is 62.1. The van der Waals surface area contributed by atoms with Crippen LogP contribution in [-0.2, 0) is 0 Å². The third kappa shape index (κ3) is 4.64. The SMILES string of the molecule is C1=C(c2ccccc2)CCC=C1N(c1ccc(-n2c3ccccc3c3c4ccccc4ccc32)cc1)c1ccc2ccc3ccccc3c2c1.